The van der Waals surface area contributed by atoms with E-state index in [1.165, 1.54) is 12.1 Å². The highest BCUT2D eigenvalue weighted by molar-refractivity contribution is 7.98. The molecule has 0 saturated heterocycles. The number of aryl methyl sites for hydroxylation is 1. The topological polar surface area (TPSA) is 80.3 Å². The summed E-state index contributed by atoms with van der Waals surface area (Å²) in [5.41, 5.74) is 1.12. The fourth-order valence-corrected chi connectivity index (χ4v) is 4.18. The lowest BCUT2D eigenvalue weighted by Gasteiger charge is -2.20. The molecule has 0 saturated carbocycles. The molecule has 0 aliphatic heterocycles. The van der Waals surface area contributed by atoms with E-state index in [1.54, 1.807) is 56.0 Å². The highest BCUT2D eigenvalue weighted by atomic mass is 32.2. The third-order valence-electron chi connectivity index (χ3n) is 4.04. The molecule has 168 valence electrons. The zero-order valence-electron chi connectivity index (χ0n) is 18.2. The van der Waals surface area contributed by atoms with Gasteiger partial charge in [-0.25, -0.2) is 14.2 Å². The molecule has 3 aromatic rings. The van der Waals surface area contributed by atoms with Crippen molar-refractivity contribution in [2.45, 2.75) is 43.9 Å². The number of amides is 2. The number of thioether (sulfide) groups is 1. The summed E-state index contributed by atoms with van der Waals surface area (Å²) in [6.07, 6.45) is -0.698. The number of anilines is 2. The normalized spacial score (nSPS) is 11.2. The van der Waals surface area contributed by atoms with Crippen molar-refractivity contribution in [1.82, 2.24) is 4.98 Å². The zero-order chi connectivity index (χ0) is 23.3. The number of hydrogen-bond acceptors (Lipinski definition) is 6. The lowest BCUT2D eigenvalue weighted by Crippen LogP contribution is -2.27. The van der Waals surface area contributed by atoms with E-state index in [9.17, 15) is 14.0 Å². The smallest absolute Gasteiger partial charge is 0.412 e. The van der Waals surface area contributed by atoms with Crippen LogP contribution in [0.4, 0.5) is 20.6 Å². The van der Waals surface area contributed by atoms with Gasteiger partial charge in [0.2, 0.25) is 0 Å². The quantitative estimate of drug-likeness (QED) is 0.400. The highest BCUT2D eigenvalue weighted by Gasteiger charge is 2.18. The molecule has 0 atom stereocenters. The van der Waals surface area contributed by atoms with Crippen LogP contribution in [-0.4, -0.2) is 22.6 Å². The highest BCUT2D eigenvalue weighted by Crippen LogP contribution is 2.26. The Kier molecular flexibility index (Phi) is 7.52. The van der Waals surface area contributed by atoms with E-state index >= 15 is 0 Å². The van der Waals surface area contributed by atoms with Gasteiger partial charge in [-0.3, -0.25) is 10.1 Å². The van der Waals surface area contributed by atoms with Crippen LogP contribution in [0.5, 0.6) is 0 Å². The van der Waals surface area contributed by atoms with Gasteiger partial charge in [0.25, 0.3) is 5.91 Å². The van der Waals surface area contributed by atoms with Crippen molar-refractivity contribution < 1.29 is 18.7 Å². The number of hydrogen-bond donors (Lipinski definition) is 2. The first-order valence-corrected chi connectivity index (χ1v) is 11.7. The number of benzene rings is 2. The van der Waals surface area contributed by atoms with Gasteiger partial charge in [-0.05, 0) is 70.2 Å². The summed E-state index contributed by atoms with van der Waals surface area (Å²) in [4.78, 5) is 30.2. The van der Waals surface area contributed by atoms with Gasteiger partial charge < -0.3 is 10.1 Å². The number of ether oxygens (including phenoxy) is 1. The molecule has 1 aromatic heterocycles. The molecule has 6 nitrogen and oxygen atoms in total. The van der Waals surface area contributed by atoms with Crippen molar-refractivity contribution in [2.75, 3.05) is 10.6 Å². The van der Waals surface area contributed by atoms with Crippen molar-refractivity contribution >= 4 is 46.5 Å². The fourth-order valence-electron chi connectivity index (χ4n) is 2.67. The molecule has 0 bridgehead atoms. The Morgan fingerprint density at radius 1 is 1.09 bits per heavy atom. The van der Waals surface area contributed by atoms with E-state index in [-0.39, 0.29) is 11.4 Å². The summed E-state index contributed by atoms with van der Waals surface area (Å²) >= 11 is 3.25. The number of aromatic nitrogens is 1. The van der Waals surface area contributed by atoms with E-state index in [1.807, 2.05) is 24.4 Å². The van der Waals surface area contributed by atoms with Crippen molar-refractivity contribution in [3.8, 4) is 0 Å². The fraction of sp³-hybridized carbons (Fsp3) is 0.261. The van der Waals surface area contributed by atoms with Gasteiger partial charge in [-0.1, -0.05) is 0 Å². The van der Waals surface area contributed by atoms with E-state index in [2.05, 4.69) is 15.6 Å². The maximum absolute atomic E-state index is 13.8. The van der Waals surface area contributed by atoms with Crippen LogP contribution in [0, 0.1) is 12.7 Å². The summed E-state index contributed by atoms with van der Waals surface area (Å²) in [6.45, 7) is 7.18. The predicted molar refractivity (Wildman–Crippen MR) is 127 cm³/mol. The van der Waals surface area contributed by atoms with Crippen LogP contribution in [-0.2, 0) is 10.5 Å². The van der Waals surface area contributed by atoms with Gasteiger partial charge in [0.15, 0.2) is 0 Å². The first kappa shape index (κ1) is 23.7. The minimum atomic E-state index is -0.698. The lowest BCUT2D eigenvalue weighted by molar-refractivity contribution is 0.0635. The Bertz CT molecular complexity index is 1110. The Labute approximate surface area is 194 Å². The van der Waals surface area contributed by atoms with Gasteiger partial charge in [0.05, 0.1) is 22.1 Å². The van der Waals surface area contributed by atoms with E-state index < -0.39 is 23.4 Å². The van der Waals surface area contributed by atoms with Gasteiger partial charge in [0.1, 0.15) is 11.4 Å². The molecule has 32 heavy (non-hydrogen) atoms. The maximum atomic E-state index is 13.8. The molecule has 2 N–H and O–H groups in total. The van der Waals surface area contributed by atoms with Crippen LogP contribution in [0.2, 0.25) is 0 Å². The largest absolute Gasteiger partial charge is 0.444 e. The van der Waals surface area contributed by atoms with Gasteiger partial charge in [-0.15, -0.1) is 23.1 Å². The second-order valence-electron chi connectivity index (χ2n) is 7.94. The monoisotopic (exact) mass is 473 g/mol. The zero-order valence-corrected chi connectivity index (χ0v) is 19.8. The summed E-state index contributed by atoms with van der Waals surface area (Å²) in [7, 11) is 0. The van der Waals surface area contributed by atoms with Crippen LogP contribution in [0.25, 0.3) is 0 Å². The van der Waals surface area contributed by atoms with Gasteiger partial charge >= 0.3 is 6.09 Å². The molecule has 0 aliphatic rings. The number of carbonyl (C=O) groups excluding carboxylic acids is 2. The minimum absolute atomic E-state index is 0.137. The Balaban J connectivity index is 1.65. The molecule has 0 spiro atoms. The van der Waals surface area contributed by atoms with Crippen molar-refractivity contribution in [3.63, 3.8) is 0 Å². The van der Waals surface area contributed by atoms with Gasteiger partial charge in [0, 0.05) is 21.6 Å². The summed E-state index contributed by atoms with van der Waals surface area (Å²) in [6, 6.07) is 10.8. The Morgan fingerprint density at radius 3 is 2.44 bits per heavy atom. The molecule has 2 amide bonds. The molecule has 3 rings (SSSR count). The van der Waals surface area contributed by atoms with Crippen LogP contribution in [0.15, 0.2) is 52.7 Å². The molecule has 0 aliphatic carbocycles. The van der Waals surface area contributed by atoms with Gasteiger partial charge in [-0.2, -0.15) is 0 Å². The first-order chi connectivity index (χ1) is 15.1. The SMILES string of the molecule is Cc1nc(CSc2ccc(C(=O)Nc3cc(F)ccc3NC(=O)OC(C)(C)C)cc2)cs1. The molecule has 0 unspecified atom stereocenters. The van der Waals surface area contributed by atoms with Crippen LogP contribution in [0.1, 0.15) is 41.8 Å². The second kappa shape index (κ2) is 10.1. The second-order valence-corrected chi connectivity index (χ2v) is 10.1. The molecule has 2 aromatic carbocycles. The molecular weight excluding hydrogens is 449 g/mol. The molecule has 1 heterocycles. The number of carbonyl (C=O) groups is 2. The van der Waals surface area contributed by atoms with E-state index in [4.69, 9.17) is 4.74 Å². The number of thiazole rings is 1. The van der Waals surface area contributed by atoms with Crippen molar-refractivity contribution in [2.24, 2.45) is 0 Å². The molecule has 9 heteroatoms. The van der Waals surface area contributed by atoms with Crippen molar-refractivity contribution in [1.29, 1.82) is 0 Å². The number of halogens is 1. The van der Waals surface area contributed by atoms with Crippen LogP contribution in [0.3, 0.4) is 0 Å². The van der Waals surface area contributed by atoms with E-state index in [0.717, 1.165) is 27.4 Å². The maximum Gasteiger partial charge on any atom is 0.412 e. The van der Waals surface area contributed by atoms with Crippen LogP contribution < -0.4 is 10.6 Å². The van der Waals surface area contributed by atoms with Crippen LogP contribution >= 0.6 is 23.1 Å². The third-order valence-corrected chi connectivity index (χ3v) is 5.90. The van der Waals surface area contributed by atoms with Crippen molar-refractivity contribution in [3.05, 3.63) is 69.9 Å². The molecular formula is C23H24FN3O3S2. The lowest BCUT2D eigenvalue weighted by atomic mass is 10.2. The Morgan fingerprint density at radius 2 is 1.81 bits per heavy atom. The van der Waals surface area contributed by atoms with E-state index in [0.29, 0.717) is 5.56 Å². The summed E-state index contributed by atoms with van der Waals surface area (Å²) < 4.78 is 19.0. The average Bonchev–Trinajstić information content (AvgIpc) is 3.12. The molecule has 0 fully saturated rings. The number of rotatable bonds is 6. The summed E-state index contributed by atoms with van der Waals surface area (Å²) in [5.74, 6) is -0.215. The Hall–Kier alpha value is -2.91. The number of nitrogens with one attached hydrogen (secondary N) is 2. The average molecular weight is 474 g/mol. The minimum Gasteiger partial charge on any atom is -0.444 e. The summed E-state index contributed by atoms with van der Waals surface area (Å²) in [5, 5.41) is 8.26. The standard InChI is InChI=1S/C23H24FN3O3S2/c1-14-25-17(12-31-14)13-32-18-8-5-15(6-9-18)21(28)26-20-11-16(24)7-10-19(20)27-22(29)30-23(2,3)4/h5-12H,13H2,1-4H3,(H,26,28)(H,27,29). The first-order valence-electron chi connectivity index (χ1n) is 9.84. The number of nitrogens with zero attached hydrogens (tertiary/aromatic N) is 1. The predicted octanol–water partition coefficient (Wildman–Crippen LogP) is 6.48. The third kappa shape index (κ3) is 7.06. The molecule has 0 radical (unpaired) electrons.